The molecule has 0 rings (SSSR count). The number of nitrogens with one attached hydrogen (secondary N) is 2. The fraction of sp³-hybridized carbons (Fsp3) is 0.833. The van der Waals surface area contributed by atoms with Crippen molar-refractivity contribution in [1.29, 1.82) is 0 Å². The molecule has 0 aromatic rings. The predicted molar refractivity (Wildman–Crippen MR) is 68.4 cm³/mol. The van der Waals surface area contributed by atoms with Gasteiger partial charge in [-0.25, -0.2) is 0 Å². The molecule has 0 aromatic carbocycles. The van der Waals surface area contributed by atoms with Gasteiger partial charge in [0, 0.05) is 13.0 Å². The smallest absolute Gasteiger partial charge is 0.242 e. The van der Waals surface area contributed by atoms with E-state index in [0.29, 0.717) is 19.5 Å². The van der Waals surface area contributed by atoms with Gasteiger partial charge in [0.05, 0.1) is 0 Å². The molecule has 0 aliphatic rings. The Balaban J connectivity index is 3.67. The molecule has 17 heavy (non-hydrogen) atoms. The van der Waals surface area contributed by atoms with E-state index in [2.05, 4.69) is 10.6 Å². The topological polar surface area (TPSA) is 84.2 Å². The quantitative estimate of drug-likeness (QED) is 0.517. The highest BCUT2D eigenvalue weighted by Gasteiger charge is 2.14. The summed E-state index contributed by atoms with van der Waals surface area (Å²) in [5, 5.41) is 5.43. The molecule has 5 heteroatoms. The van der Waals surface area contributed by atoms with Crippen molar-refractivity contribution in [2.24, 2.45) is 5.73 Å². The van der Waals surface area contributed by atoms with Crippen molar-refractivity contribution in [3.8, 4) is 0 Å². The molecule has 0 aliphatic carbocycles. The van der Waals surface area contributed by atoms with Gasteiger partial charge in [-0.05, 0) is 32.7 Å². The number of unbranched alkanes of at least 4 members (excludes halogenated alkanes) is 2. The van der Waals surface area contributed by atoms with Crippen LogP contribution in [0.15, 0.2) is 0 Å². The number of hydrogen-bond donors (Lipinski definition) is 3. The monoisotopic (exact) mass is 243 g/mol. The summed E-state index contributed by atoms with van der Waals surface area (Å²) in [6.45, 7) is 5.00. The highest BCUT2D eigenvalue weighted by molar-refractivity contribution is 5.87. The SMILES string of the molecule is CCCNC(=O)C(C)NC(=O)CCCCCN. The van der Waals surface area contributed by atoms with Gasteiger partial charge >= 0.3 is 0 Å². The lowest BCUT2D eigenvalue weighted by Crippen LogP contribution is -2.44. The molecule has 0 saturated heterocycles. The van der Waals surface area contributed by atoms with Gasteiger partial charge in [-0.2, -0.15) is 0 Å². The fourth-order valence-electron chi connectivity index (χ4n) is 1.39. The van der Waals surface area contributed by atoms with E-state index in [1.807, 2.05) is 6.92 Å². The Bertz CT molecular complexity index is 232. The van der Waals surface area contributed by atoms with Crippen LogP contribution in [0.1, 0.15) is 46.0 Å². The molecule has 0 spiro atoms. The summed E-state index contributed by atoms with van der Waals surface area (Å²) >= 11 is 0. The van der Waals surface area contributed by atoms with Crippen LogP contribution in [0.3, 0.4) is 0 Å². The third-order valence-electron chi connectivity index (χ3n) is 2.43. The second kappa shape index (κ2) is 10.1. The maximum absolute atomic E-state index is 11.5. The molecule has 1 atom stereocenters. The fourth-order valence-corrected chi connectivity index (χ4v) is 1.39. The lowest BCUT2D eigenvalue weighted by Gasteiger charge is -2.13. The van der Waals surface area contributed by atoms with E-state index >= 15 is 0 Å². The summed E-state index contributed by atoms with van der Waals surface area (Å²) in [5.74, 6) is -0.191. The minimum atomic E-state index is -0.455. The van der Waals surface area contributed by atoms with Crippen LogP contribution in [0.4, 0.5) is 0 Å². The number of hydrogen-bond acceptors (Lipinski definition) is 3. The molecule has 2 amide bonds. The highest BCUT2D eigenvalue weighted by Crippen LogP contribution is 1.98. The Morgan fingerprint density at radius 1 is 1.24 bits per heavy atom. The molecular formula is C12H25N3O2. The van der Waals surface area contributed by atoms with Crippen LogP contribution in [0.25, 0.3) is 0 Å². The minimum absolute atomic E-state index is 0.0684. The third-order valence-corrected chi connectivity index (χ3v) is 2.43. The van der Waals surface area contributed by atoms with Crippen LogP contribution in [-0.4, -0.2) is 30.9 Å². The maximum Gasteiger partial charge on any atom is 0.242 e. The summed E-state index contributed by atoms with van der Waals surface area (Å²) in [4.78, 5) is 22.9. The Morgan fingerprint density at radius 3 is 2.53 bits per heavy atom. The van der Waals surface area contributed by atoms with Gasteiger partial charge in [0.25, 0.3) is 0 Å². The second-order valence-electron chi connectivity index (χ2n) is 4.18. The largest absolute Gasteiger partial charge is 0.354 e. The number of carbonyl (C=O) groups is 2. The molecule has 1 unspecified atom stereocenters. The molecule has 0 aliphatic heterocycles. The lowest BCUT2D eigenvalue weighted by molar-refractivity contribution is -0.128. The summed E-state index contributed by atoms with van der Waals surface area (Å²) < 4.78 is 0. The van der Waals surface area contributed by atoms with Gasteiger partial charge < -0.3 is 16.4 Å². The lowest BCUT2D eigenvalue weighted by atomic mass is 10.2. The molecular weight excluding hydrogens is 218 g/mol. The summed E-state index contributed by atoms with van der Waals surface area (Å²) in [5.41, 5.74) is 5.36. The van der Waals surface area contributed by atoms with Crippen molar-refractivity contribution < 1.29 is 9.59 Å². The van der Waals surface area contributed by atoms with E-state index < -0.39 is 6.04 Å². The highest BCUT2D eigenvalue weighted by atomic mass is 16.2. The molecule has 0 radical (unpaired) electrons. The first kappa shape index (κ1) is 15.9. The molecule has 0 heterocycles. The first-order valence-electron chi connectivity index (χ1n) is 6.39. The van der Waals surface area contributed by atoms with Crippen LogP contribution in [0.5, 0.6) is 0 Å². The summed E-state index contributed by atoms with van der Waals surface area (Å²) in [7, 11) is 0. The van der Waals surface area contributed by atoms with Crippen LogP contribution in [0.2, 0.25) is 0 Å². The first-order valence-corrected chi connectivity index (χ1v) is 6.39. The van der Waals surface area contributed by atoms with Gasteiger partial charge in [0.1, 0.15) is 6.04 Å². The maximum atomic E-state index is 11.5. The Morgan fingerprint density at radius 2 is 1.94 bits per heavy atom. The van der Waals surface area contributed by atoms with Gasteiger partial charge in [0.15, 0.2) is 0 Å². The minimum Gasteiger partial charge on any atom is -0.354 e. The average molecular weight is 243 g/mol. The van der Waals surface area contributed by atoms with E-state index in [1.165, 1.54) is 0 Å². The average Bonchev–Trinajstić information content (AvgIpc) is 2.31. The molecule has 0 saturated carbocycles. The molecule has 5 nitrogen and oxygen atoms in total. The van der Waals surface area contributed by atoms with Crippen molar-refractivity contribution in [1.82, 2.24) is 10.6 Å². The predicted octanol–water partition coefficient (Wildman–Crippen LogP) is 0.536. The molecule has 4 N–H and O–H groups in total. The molecule has 0 bridgehead atoms. The molecule has 0 aromatic heterocycles. The zero-order chi connectivity index (χ0) is 13.1. The van der Waals surface area contributed by atoms with Crippen LogP contribution in [0, 0.1) is 0 Å². The zero-order valence-electron chi connectivity index (χ0n) is 10.9. The van der Waals surface area contributed by atoms with Gasteiger partial charge in [0.2, 0.25) is 11.8 Å². The van der Waals surface area contributed by atoms with Crippen LogP contribution in [-0.2, 0) is 9.59 Å². The van der Waals surface area contributed by atoms with E-state index in [0.717, 1.165) is 25.7 Å². The van der Waals surface area contributed by atoms with E-state index in [9.17, 15) is 9.59 Å². The normalized spacial score (nSPS) is 11.9. The Kier molecular flexibility index (Phi) is 9.43. The van der Waals surface area contributed by atoms with Crippen LogP contribution < -0.4 is 16.4 Å². The van der Waals surface area contributed by atoms with Crippen molar-refractivity contribution in [3.05, 3.63) is 0 Å². The second-order valence-corrected chi connectivity index (χ2v) is 4.18. The zero-order valence-corrected chi connectivity index (χ0v) is 10.9. The number of rotatable bonds is 9. The number of amides is 2. The molecule has 0 fully saturated rings. The van der Waals surface area contributed by atoms with Crippen molar-refractivity contribution in [2.45, 2.75) is 52.0 Å². The molecule has 100 valence electrons. The summed E-state index contributed by atoms with van der Waals surface area (Å²) in [6.07, 6.45) is 4.09. The van der Waals surface area contributed by atoms with E-state index in [4.69, 9.17) is 5.73 Å². The van der Waals surface area contributed by atoms with Gasteiger partial charge in [-0.1, -0.05) is 13.3 Å². The Labute approximate surface area is 104 Å². The van der Waals surface area contributed by atoms with E-state index in [-0.39, 0.29) is 11.8 Å². The number of carbonyl (C=O) groups excluding carboxylic acids is 2. The van der Waals surface area contributed by atoms with E-state index in [1.54, 1.807) is 6.92 Å². The van der Waals surface area contributed by atoms with Gasteiger partial charge in [-0.3, -0.25) is 9.59 Å². The summed E-state index contributed by atoms with van der Waals surface area (Å²) in [6, 6.07) is -0.455. The number of nitrogens with two attached hydrogens (primary N) is 1. The van der Waals surface area contributed by atoms with Crippen molar-refractivity contribution in [2.75, 3.05) is 13.1 Å². The first-order chi connectivity index (χ1) is 8.11. The van der Waals surface area contributed by atoms with Crippen LogP contribution >= 0.6 is 0 Å². The Hall–Kier alpha value is -1.10. The van der Waals surface area contributed by atoms with Crippen molar-refractivity contribution >= 4 is 11.8 Å². The standard InChI is InChI=1S/C12H25N3O2/c1-3-9-14-12(17)10(2)15-11(16)7-5-4-6-8-13/h10H,3-9,13H2,1-2H3,(H,14,17)(H,15,16). The van der Waals surface area contributed by atoms with Gasteiger partial charge in [-0.15, -0.1) is 0 Å². The van der Waals surface area contributed by atoms with Crippen molar-refractivity contribution in [3.63, 3.8) is 0 Å². The third kappa shape index (κ3) is 8.68.